The molecule has 2 atom stereocenters. The number of carbonyl (C=O) groups excluding carboxylic acids is 1. The predicted octanol–water partition coefficient (Wildman–Crippen LogP) is 3.95. The van der Waals surface area contributed by atoms with Crippen LogP contribution in [0.4, 0.5) is 13.2 Å². The molecule has 2 aromatic carbocycles. The van der Waals surface area contributed by atoms with Gasteiger partial charge in [0.25, 0.3) is 5.91 Å². The van der Waals surface area contributed by atoms with E-state index < -0.39 is 29.3 Å². The van der Waals surface area contributed by atoms with Gasteiger partial charge in [0.05, 0.1) is 5.92 Å². The first-order chi connectivity index (χ1) is 13.3. The second kappa shape index (κ2) is 6.96. The number of hydrogen-bond donors (Lipinski definition) is 1. The van der Waals surface area contributed by atoms with Crippen LogP contribution in [0.15, 0.2) is 36.4 Å². The maximum absolute atomic E-state index is 13.4. The van der Waals surface area contributed by atoms with Crippen molar-refractivity contribution in [2.24, 2.45) is 17.8 Å². The van der Waals surface area contributed by atoms with Crippen LogP contribution in [-0.2, 0) is 4.79 Å². The van der Waals surface area contributed by atoms with Crippen molar-refractivity contribution in [2.45, 2.75) is 12.8 Å². The van der Waals surface area contributed by atoms with Gasteiger partial charge in [-0.25, -0.2) is 13.2 Å². The van der Waals surface area contributed by atoms with Gasteiger partial charge in [0, 0.05) is 18.7 Å². The molecule has 0 spiro atoms. The smallest absolute Gasteiger partial charge is 0.308 e. The molecule has 2 fully saturated rings. The molecule has 1 saturated heterocycles. The van der Waals surface area contributed by atoms with Gasteiger partial charge in [0.1, 0.15) is 0 Å². The summed E-state index contributed by atoms with van der Waals surface area (Å²) in [5, 5.41) is 9.43. The van der Waals surface area contributed by atoms with Crippen molar-refractivity contribution < 1.29 is 27.9 Å². The van der Waals surface area contributed by atoms with Crippen LogP contribution >= 0.6 is 0 Å². The molecule has 4 rings (SSSR count). The molecule has 146 valence electrons. The van der Waals surface area contributed by atoms with E-state index in [1.165, 1.54) is 24.3 Å². The zero-order chi connectivity index (χ0) is 20.0. The summed E-state index contributed by atoms with van der Waals surface area (Å²) in [6.07, 6.45) is 2.02. The maximum Gasteiger partial charge on any atom is 0.308 e. The van der Waals surface area contributed by atoms with E-state index in [9.17, 15) is 27.9 Å². The minimum absolute atomic E-state index is 0.00844. The first-order valence-corrected chi connectivity index (χ1v) is 9.12. The molecule has 7 heteroatoms. The number of nitrogens with zero attached hydrogens (tertiary/aromatic N) is 1. The fourth-order valence-electron chi connectivity index (χ4n) is 3.97. The molecule has 0 radical (unpaired) electrons. The molecule has 0 unspecified atom stereocenters. The lowest BCUT2D eigenvalue weighted by molar-refractivity contribution is -0.142. The molecule has 1 aliphatic heterocycles. The molecule has 28 heavy (non-hydrogen) atoms. The van der Waals surface area contributed by atoms with E-state index in [4.69, 9.17) is 0 Å². The van der Waals surface area contributed by atoms with E-state index in [1.807, 2.05) is 0 Å². The average molecular weight is 389 g/mol. The molecule has 1 aliphatic carbocycles. The number of amides is 1. The Bertz CT molecular complexity index is 917. The summed E-state index contributed by atoms with van der Waals surface area (Å²) in [4.78, 5) is 25.8. The number of carboxylic acid groups (broad SMARTS) is 1. The molecule has 0 aromatic heterocycles. The Labute approximate surface area is 159 Å². The number of halogens is 3. The van der Waals surface area contributed by atoms with E-state index >= 15 is 0 Å². The quantitative estimate of drug-likeness (QED) is 0.806. The topological polar surface area (TPSA) is 57.6 Å². The summed E-state index contributed by atoms with van der Waals surface area (Å²) in [5.41, 5.74) is 0.971. The first kappa shape index (κ1) is 18.5. The molecule has 1 saturated carbocycles. The average Bonchev–Trinajstić information content (AvgIpc) is 3.43. The van der Waals surface area contributed by atoms with Crippen molar-refractivity contribution in [3.05, 3.63) is 59.4 Å². The number of likely N-dealkylation sites (tertiary alicyclic amines) is 1. The van der Waals surface area contributed by atoms with Crippen LogP contribution in [-0.4, -0.2) is 35.0 Å². The predicted molar refractivity (Wildman–Crippen MR) is 95.0 cm³/mol. The molecular formula is C21H18F3NO3. The van der Waals surface area contributed by atoms with Gasteiger partial charge in [-0.1, -0.05) is 12.1 Å². The maximum atomic E-state index is 13.4. The van der Waals surface area contributed by atoms with Gasteiger partial charge in [-0.2, -0.15) is 0 Å². The Kier molecular flexibility index (Phi) is 4.61. The number of carbonyl (C=O) groups is 2. The van der Waals surface area contributed by atoms with Gasteiger partial charge < -0.3 is 10.0 Å². The highest BCUT2D eigenvalue weighted by Gasteiger charge is 2.46. The largest absolute Gasteiger partial charge is 0.481 e. The number of benzene rings is 2. The van der Waals surface area contributed by atoms with E-state index in [0.717, 1.165) is 25.0 Å². The third-order valence-electron chi connectivity index (χ3n) is 5.65. The highest BCUT2D eigenvalue weighted by Crippen LogP contribution is 2.44. The van der Waals surface area contributed by atoms with Crippen LogP contribution in [0.25, 0.3) is 11.1 Å². The Morgan fingerprint density at radius 1 is 0.929 bits per heavy atom. The lowest BCUT2D eigenvalue weighted by atomic mass is 9.92. The third-order valence-corrected chi connectivity index (χ3v) is 5.65. The second-order valence-corrected chi connectivity index (χ2v) is 7.49. The summed E-state index contributed by atoms with van der Waals surface area (Å²) < 4.78 is 40.0. The molecular weight excluding hydrogens is 371 g/mol. The van der Waals surface area contributed by atoms with Gasteiger partial charge in [0.2, 0.25) is 0 Å². The summed E-state index contributed by atoms with van der Waals surface area (Å²) in [5.74, 6) is -5.39. The highest BCUT2D eigenvalue weighted by atomic mass is 19.2. The molecule has 0 bridgehead atoms. The number of hydrogen-bond acceptors (Lipinski definition) is 2. The molecule has 1 amide bonds. The van der Waals surface area contributed by atoms with Gasteiger partial charge in [-0.05, 0) is 60.1 Å². The normalized spacial score (nSPS) is 21.8. The lowest BCUT2D eigenvalue weighted by Crippen LogP contribution is -2.29. The Hall–Kier alpha value is -2.83. The molecule has 1 heterocycles. The Morgan fingerprint density at radius 3 is 2.07 bits per heavy atom. The molecule has 2 aromatic rings. The van der Waals surface area contributed by atoms with Crippen LogP contribution in [0.3, 0.4) is 0 Å². The molecule has 1 N–H and O–H groups in total. The summed E-state index contributed by atoms with van der Waals surface area (Å²) in [7, 11) is 0. The first-order valence-electron chi connectivity index (χ1n) is 9.12. The van der Waals surface area contributed by atoms with Crippen LogP contribution in [0.1, 0.15) is 23.2 Å². The summed E-state index contributed by atoms with van der Waals surface area (Å²) in [6.45, 7) is 0.613. The van der Waals surface area contributed by atoms with Gasteiger partial charge in [-0.3, -0.25) is 9.59 Å². The van der Waals surface area contributed by atoms with Gasteiger partial charge in [-0.15, -0.1) is 0 Å². The minimum atomic E-state index is -1.53. The van der Waals surface area contributed by atoms with E-state index in [1.54, 1.807) is 4.90 Å². The number of aliphatic carboxylic acids is 1. The van der Waals surface area contributed by atoms with Crippen LogP contribution in [0.5, 0.6) is 0 Å². The standard InChI is InChI=1S/C21H18F3NO3/c22-17-7-14(8-18(23)19(17)24)11-1-5-13(6-2-11)20(26)25-9-15(12-3-4-12)16(10-25)21(27)28/h1-2,5-8,12,15-16H,3-4,9-10H2,(H,27,28)/t15-,16+/m1/s1. The van der Waals surface area contributed by atoms with Crippen molar-refractivity contribution in [3.63, 3.8) is 0 Å². The lowest BCUT2D eigenvalue weighted by Gasteiger charge is -2.16. The van der Waals surface area contributed by atoms with Gasteiger partial charge in [0.15, 0.2) is 17.5 Å². The monoisotopic (exact) mass is 389 g/mol. The van der Waals surface area contributed by atoms with E-state index in [0.29, 0.717) is 23.6 Å². The summed E-state index contributed by atoms with van der Waals surface area (Å²) >= 11 is 0. The summed E-state index contributed by atoms with van der Waals surface area (Å²) in [6, 6.07) is 7.90. The fraction of sp³-hybridized carbons (Fsp3) is 0.333. The van der Waals surface area contributed by atoms with Crippen LogP contribution in [0.2, 0.25) is 0 Å². The van der Waals surface area contributed by atoms with Crippen molar-refractivity contribution in [1.82, 2.24) is 4.90 Å². The van der Waals surface area contributed by atoms with Crippen molar-refractivity contribution >= 4 is 11.9 Å². The number of rotatable bonds is 4. The second-order valence-electron chi connectivity index (χ2n) is 7.49. The molecule has 2 aliphatic rings. The zero-order valence-electron chi connectivity index (χ0n) is 14.9. The minimum Gasteiger partial charge on any atom is -0.481 e. The highest BCUT2D eigenvalue weighted by molar-refractivity contribution is 5.95. The van der Waals surface area contributed by atoms with Crippen molar-refractivity contribution in [2.75, 3.05) is 13.1 Å². The van der Waals surface area contributed by atoms with Crippen molar-refractivity contribution in [1.29, 1.82) is 0 Å². The van der Waals surface area contributed by atoms with Crippen LogP contribution in [0, 0.1) is 35.2 Å². The SMILES string of the molecule is O=C(O)[C@H]1CN(C(=O)c2ccc(-c3cc(F)c(F)c(F)c3)cc2)C[C@@H]1C1CC1. The Morgan fingerprint density at radius 2 is 1.54 bits per heavy atom. The Balaban J connectivity index is 1.52. The van der Waals surface area contributed by atoms with Gasteiger partial charge >= 0.3 is 5.97 Å². The molecule has 4 nitrogen and oxygen atoms in total. The van der Waals surface area contributed by atoms with Crippen molar-refractivity contribution in [3.8, 4) is 11.1 Å². The van der Waals surface area contributed by atoms with Crippen LogP contribution < -0.4 is 0 Å². The zero-order valence-corrected chi connectivity index (χ0v) is 14.9. The van der Waals surface area contributed by atoms with E-state index in [-0.39, 0.29) is 23.9 Å². The van der Waals surface area contributed by atoms with E-state index in [2.05, 4.69) is 0 Å². The number of carboxylic acids is 1. The third kappa shape index (κ3) is 3.37. The fourth-order valence-corrected chi connectivity index (χ4v) is 3.97.